The van der Waals surface area contributed by atoms with Gasteiger partial charge in [-0.3, -0.25) is 0 Å². The molecule has 0 aromatic heterocycles. The van der Waals surface area contributed by atoms with Crippen LogP contribution in [0.15, 0.2) is 41.3 Å². The van der Waals surface area contributed by atoms with E-state index in [-0.39, 0.29) is 41.6 Å². The Kier molecular flexibility index (Phi) is 7.67. The Balaban J connectivity index is 1.93. The van der Waals surface area contributed by atoms with E-state index >= 15 is 0 Å². The molecule has 9 nitrogen and oxygen atoms in total. The highest BCUT2D eigenvalue weighted by Crippen LogP contribution is 2.34. The first kappa shape index (κ1) is 24.7. The third-order valence-corrected chi connectivity index (χ3v) is 7.58. The van der Waals surface area contributed by atoms with Crippen molar-refractivity contribution in [2.24, 2.45) is 0 Å². The third-order valence-electron chi connectivity index (χ3n) is 4.56. The van der Waals surface area contributed by atoms with E-state index in [4.69, 9.17) is 27.9 Å². The van der Waals surface area contributed by atoms with Crippen molar-refractivity contribution < 1.29 is 21.6 Å². The number of nitrogens with one attached hydrogen (secondary N) is 2. The minimum absolute atomic E-state index is 0.00618. The summed E-state index contributed by atoms with van der Waals surface area (Å²) in [5.74, 6) is 0.242. The molecule has 0 spiro atoms. The van der Waals surface area contributed by atoms with Gasteiger partial charge >= 0.3 is 0 Å². The number of benzene rings is 2. The number of halogens is 2. The SMILES string of the molecule is CS(=O)(=O)NCC1CN(S(=O)(=O)c2cc(C#N)ccc2Oc2cc(Cl)cc(Cl)c2)CCN1. The number of nitrogens with zero attached hydrogens (tertiary/aromatic N) is 2. The minimum atomic E-state index is -4.08. The molecule has 172 valence electrons. The number of hydrogen-bond donors (Lipinski definition) is 2. The number of sulfonamides is 2. The van der Waals surface area contributed by atoms with Crippen LogP contribution in [0.5, 0.6) is 11.5 Å². The van der Waals surface area contributed by atoms with E-state index in [1.165, 1.54) is 40.7 Å². The fourth-order valence-electron chi connectivity index (χ4n) is 3.12. The Hall–Kier alpha value is -1.91. The molecular formula is C19H20Cl2N4O5S2. The predicted molar refractivity (Wildman–Crippen MR) is 121 cm³/mol. The molecule has 1 fully saturated rings. The molecule has 2 aromatic carbocycles. The quantitative estimate of drug-likeness (QED) is 0.574. The van der Waals surface area contributed by atoms with Gasteiger partial charge in [-0.15, -0.1) is 0 Å². The topological polar surface area (TPSA) is 129 Å². The predicted octanol–water partition coefficient (Wildman–Crippen LogP) is 2.17. The van der Waals surface area contributed by atoms with Crippen molar-refractivity contribution in [3.05, 3.63) is 52.0 Å². The Labute approximate surface area is 197 Å². The monoisotopic (exact) mass is 518 g/mol. The fraction of sp³-hybridized carbons (Fsp3) is 0.316. The maximum Gasteiger partial charge on any atom is 0.246 e. The average Bonchev–Trinajstić information content (AvgIpc) is 2.71. The van der Waals surface area contributed by atoms with E-state index in [9.17, 15) is 22.1 Å². The Morgan fingerprint density at radius 3 is 2.50 bits per heavy atom. The number of ether oxygens (including phenoxy) is 1. The van der Waals surface area contributed by atoms with Crippen molar-refractivity contribution in [2.45, 2.75) is 10.9 Å². The summed E-state index contributed by atoms with van der Waals surface area (Å²) >= 11 is 12.0. The van der Waals surface area contributed by atoms with Gasteiger partial charge in [-0.25, -0.2) is 21.6 Å². The Bertz CT molecular complexity index is 1240. The van der Waals surface area contributed by atoms with Gasteiger partial charge in [0.25, 0.3) is 0 Å². The lowest BCUT2D eigenvalue weighted by atomic mass is 10.2. The molecule has 32 heavy (non-hydrogen) atoms. The summed E-state index contributed by atoms with van der Waals surface area (Å²) in [6.45, 7) is 0.557. The first-order valence-electron chi connectivity index (χ1n) is 9.34. The number of piperazine rings is 1. The maximum atomic E-state index is 13.5. The van der Waals surface area contributed by atoms with Crippen LogP contribution in [0.1, 0.15) is 5.56 Å². The van der Waals surface area contributed by atoms with Crippen molar-refractivity contribution in [3.63, 3.8) is 0 Å². The van der Waals surface area contributed by atoms with Crippen LogP contribution in [0.2, 0.25) is 10.0 Å². The second-order valence-electron chi connectivity index (χ2n) is 7.12. The fourth-order valence-corrected chi connectivity index (χ4v) is 5.75. The van der Waals surface area contributed by atoms with Gasteiger partial charge < -0.3 is 10.1 Å². The van der Waals surface area contributed by atoms with Crippen LogP contribution in [-0.2, 0) is 20.0 Å². The molecule has 0 aliphatic carbocycles. The summed E-state index contributed by atoms with van der Waals surface area (Å²) < 4.78 is 59.1. The number of rotatable bonds is 7. The Morgan fingerprint density at radius 2 is 1.88 bits per heavy atom. The molecule has 2 N–H and O–H groups in total. The van der Waals surface area contributed by atoms with Crippen LogP contribution in [0.3, 0.4) is 0 Å². The zero-order chi connectivity index (χ0) is 23.5. The van der Waals surface area contributed by atoms with Gasteiger partial charge in [0.05, 0.1) is 17.9 Å². The van der Waals surface area contributed by atoms with Gasteiger partial charge in [-0.1, -0.05) is 23.2 Å². The standard InChI is InChI=1S/C19H20Cl2N4O5S2/c1-31(26,27)24-11-16-12-25(5-4-23-16)32(28,29)19-6-13(10-22)2-3-18(19)30-17-8-14(20)7-15(21)9-17/h2-3,6-9,16,23-24H,4-5,11-12H2,1H3. The summed E-state index contributed by atoms with van der Waals surface area (Å²) in [7, 11) is -7.50. The number of nitriles is 1. The van der Waals surface area contributed by atoms with Crippen LogP contribution in [0.4, 0.5) is 0 Å². The highest BCUT2D eigenvalue weighted by molar-refractivity contribution is 7.89. The molecule has 2 aromatic rings. The summed E-state index contributed by atoms with van der Waals surface area (Å²) in [6.07, 6.45) is 1.03. The highest BCUT2D eigenvalue weighted by Gasteiger charge is 2.33. The molecule has 0 saturated carbocycles. The zero-order valence-electron chi connectivity index (χ0n) is 16.9. The molecular weight excluding hydrogens is 499 g/mol. The second kappa shape index (κ2) is 9.93. The lowest BCUT2D eigenvalue weighted by Crippen LogP contribution is -2.56. The second-order valence-corrected chi connectivity index (χ2v) is 11.7. The van der Waals surface area contributed by atoms with Crippen molar-refractivity contribution in [3.8, 4) is 17.6 Å². The molecule has 1 aliphatic rings. The van der Waals surface area contributed by atoms with Crippen molar-refractivity contribution >= 4 is 43.2 Å². The molecule has 13 heteroatoms. The lowest BCUT2D eigenvalue weighted by Gasteiger charge is -2.33. The minimum Gasteiger partial charge on any atom is -0.456 e. The highest BCUT2D eigenvalue weighted by atomic mass is 35.5. The molecule has 0 amide bonds. The van der Waals surface area contributed by atoms with Gasteiger partial charge in [0.2, 0.25) is 20.0 Å². The smallest absolute Gasteiger partial charge is 0.246 e. The van der Waals surface area contributed by atoms with Crippen LogP contribution in [-0.4, -0.2) is 59.6 Å². The van der Waals surface area contributed by atoms with E-state index in [0.717, 1.165) is 6.26 Å². The molecule has 3 rings (SSSR count). The molecule has 1 aliphatic heterocycles. The summed E-state index contributed by atoms with van der Waals surface area (Å²) in [4.78, 5) is -0.190. The molecule has 1 heterocycles. The van der Waals surface area contributed by atoms with Gasteiger partial charge in [0, 0.05) is 42.3 Å². The molecule has 0 bridgehead atoms. The van der Waals surface area contributed by atoms with Gasteiger partial charge in [0.1, 0.15) is 16.4 Å². The molecule has 0 radical (unpaired) electrons. The Morgan fingerprint density at radius 1 is 1.19 bits per heavy atom. The van der Waals surface area contributed by atoms with Gasteiger partial charge in [-0.2, -0.15) is 9.57 Å². The van der Waals surface area contributed by atoms with Gasteiger partial charge in [0.15, 0.2) is 0 Å². The maximum absolute atomic E-state index is 13.5. The van der Waals surface area contributed by atoms with E-state index in [1.807, 2.05) is 6.07 Å². The van der Waals surface area contributed by atoms with Crippen molar-refractivity contribution in [2.75, 3.05) is 32.4 Å². The first-order valence-corrected chi connectivity index (χ1v) is 13.4. The van der Waals surface area contributed by atoms with E-state index in [1.54, 1.807) is 0 Å². The van der Waals surface area contributed by atoms with Gasteiger partial charge in [-0.05, 0) is 36.4 Å². The van der Waals surface area contributed by atoms with Crippen LogP contribution < -0.4 is 14.8 Å². The first-order chi connectivity index (χ1) is 15.0. The van der Waals surface area contributed by atoms with Crippen molar-refractivity contribution in [1.29, 1.82) is 5.26 Å². The summed E-state index contributed by atoms with van der Waals surface area (Å²) in [6, 6.07) is 10.1. The van der Waals surface area contributed by atoms with E-state index < -0.39 is 26.1 Å². The normalized spacial score (nSPS) is 17.6. The van der Waals surface area contributed by atoms with Crippen LogP contribution >= 0.6 is 23.2 Å². The lowest BCUT2D eigenvalue weighted by molar-refractivity contribution is 0.297. The van der Waals surface area contributed by atoms with Crippen LogP contribution in [0, 0.1) is 11.3 Å². The molecule has 1 unspecified atom stereocenters. The summed E-state index contributed by atoms with van der Waals surface area (Å²) in [5, 5.41) is 13.0. The molecule has 1 saturated heterocycles. The molecule has 1 atom stereocenters. The van der Waals surface area contributed by atoms with Crippen LogP contribution in [0.25, 0.3) is 0 Å². The average molecular weight is 519 g/mol. The van der Waals surface area contributed by atoms with E-state index in [0.29, 0.717) is 16.6 Å². The third kappa shape index (κ3) is 6.32. The largest absolute Gasteiger partial charge is 0.456 e. The van der Waals surface area contributed by atoms with Crippen molar-refractivity contribution in [1.82, 2.24) is 14.3 Å². The zero-order valence-corrected chi connectivity index (χ0v) is 20.0. The number of hydrogen-bond acceptors (Lipinski definition) is 7. The van der Waals surface area contributed by atoms with E-state index in [2.05, 4.69) is 10.0 Å². The summed E-state index contributed by atoms with van der Waals surface area (Å²) in [5.41, 5.74) is 0.144.